The number of halogens is 1. The smallest absolute Gasteiger partial charge is 0.335 e. The zero-order valence-corrected chi connectivity index (χ0v) is 23.0. The van der Waals surface area contributed by atoms with Gasteiger partial charge in [0, 0.05) is 19.2 Å². The van der Waals surface area contributed by atoms with Gasteiger partial charge in [0.1, 0.15) is 23.2 Å². The maximum absolute atomic E-state index is 13.1. The van der Waals surface area contributed by atoms with Crippen molar-refractivity contribution in [2.24, 2.45) is 0 Å². The van der Waals surface area contributed by atoms with Crippen molar-refractivity contribution < 1.29 is 32.2 Å². The number of benzene rings is 3. The summed E-state index contributed by atoms with van der Waals surface area (Å²) in [4.78, 5) is 25.6. The van der Waals surface area contributed by atoms with Crippen LogP contribution in [0.15, 0.2) is 59.6 Å². The van der Waals surface area contributed by atoms with E-state index in [4.69, 9.17) is 14.5 Å². The molecule has 0 aliphatic rings. The Labute approximate surface area is 232 Å². The SMILES string of the molecule is COCc1cnc2c(-c3nc4c(C)cc(OCCNS(=O)(=O)c5ccc(F)cc5)cc4s3)cc(C(=O)O)cc2n1. The van der Waals surface area contributed by atoms with E-state index in [1.807, 2.05) is 6.92 Å². The lowest BCUT2D eigenvalue weighted by molar-refractivity contribution is 0.0697. The first kappa shape index (κ1) is 27.5. The molecular weight excluding hydrogens is 559 g/mol. The van der Waals surface area contributed by atoms with Gasteiger partial charge in [-0.3, -0.25) is 4.98 Å². The maximum atomic E-state index is 13.1. The van der Waals surface area contributed by atoms with Crippen molar-refractivity contribution in [1.29, 1.82) is 0 Å². The molecule has 2 N–H and O–H groups in total. The van der Waals surface area contributed by atoms with Gasteiger partial charge < -0.3 is 14.6 Å². The first-order chi connectivity index (χ1) is 19.1. The van der Waals surface area contributed by atoms with Gasteiger partial charge in [0.15, 0.2) is 0 Å². The second-order valence-corrected chi connectivity index (χ2v) is 11.6. The van der Waals surface area contributed by atoms with Crippen LogP contribution in [0, 0.1) is 12.7 Å². The van der Waals surface area contributed by atoms with E-state index < -0.39 is 21.8 Å². The molecule has 13 heteroatoms. The number of nitrogens with zero attached hydrogens (tertiary/aromatic N) is 3. The lowest BCUT2D eigenvalue weighted by Gasteiger charge is -2.09. The third-order valence-corrected chi connectivity index (χ3v) is 8.42. The lowest BCUT2D eigenvalue weighted by Crippen LogP contribution is -2.28. The molecule has 0 saturated carbocycles. The second-order valence-electron chi connectivity index (χ2n) is 8.80. The Hall–Kier alpha value is -4.04. The Morgan fingerprint density at radius 2 is 1.88 bits per heavy atom. The number of ether oxygens (including phenoxy) is 2. The van der Waals surface area contributed by atoms with Crippen molar-refractivity contribution in [2.75, 3.05) is 20.3 Å². The average molecular weight is 583 g/mol. The van der Waals surface area contributed by atoms with Crippen LogP contribution in [-0.4, -0.2) is 54.7 Å². The Morgan fingerprint density at radius 3 is 2.60 bits per heavy atom. The van der Waals surface area contributed by atoms with Crippen LogP contribution in [0.3, 0.4) is 0 Å². The van der Waals surface area contributed by atoms with Gasteiger partial charge in [-0.15, -0.1) is 11.3 Å². The van der Waals surface area contributed by atoms with E-state index in [0.29, 0.717) is 33.0 Å². The minimum Gasteiger partial charge on any atom is -0.492 e. The van der Waals surface area contributed by atoms with E-state index in [1.54, 1.807) is 25.4 Å². The molecule has 0 amide bonds. The number of hydrogen-bond acceptors (Lipinski definition) is 9. The highest BCUT2D eigenvalue weighted by Crippen LogP contribution is 2.37. The predicted molar refractivity (Wildman–Crippen MR) is 148 cm³/mol. The predicted octanol–water partition coefficient (Wildman–Crippen LogP) is 4.56. The zero-order chi connectivity index (χ0) is 28.4. The Bertz CT molecular complexity index is 1840. The van der Waals surface area contributed by atoms with Gasteiger partial charge in [0.25, 0.3) is 0 Å². The number of aromatic nitrogens is 3. The van der Waals surface area contributed by atoms with Crippen LogP contribution in [0.1, 0.15) is 21.6 Å². The molecule has 0 aliphatic carbocycles. The fraction of sp³-hybridized carbons (Fsp3) is 0.185. The average Bonchev–Trinajstić information content (AvgIpc) is 3.35. The van der Waals surface area contributed by atoms with Crippen molar-refractivity contribution in [3.8, 4) is 16.3 Å². The van der Waals surface area contributed by atoms with E-state index in [2.05, 4.69) is 14.7 Å². The summed E-state index contributed by atoms with van der Waals surface area (Å²) in [6, 6.07) is 11.1. The number of nitrogens with one attached hydrogen (secondary N) is 1. The van der Waals surface area contributed by atoms with E-state index in [9.17, 15) is 22.7 Å². The number of aromatic carboxylic acids is 1. The van der Waals surface area contributed by atoms with Crippen molar-refractivity contribution in [3.05, 3.63) is 77.4 Å². The number of carboxylic acids is 1. The molecule has 0 saturated heterocycles. The number of hydrogen-bond donors (Lipinski definition) is 2. The molecule has 5 aromatic rings. The maximum Gasteiger partial charge on any atom is 0.335 e. The summed E-state index contributed by atoms with van der Waals surface area (Å²) < 4.78 is 52.0. The number of methoxy groups -OCH3 is 1. The number of thiazole rings is 1. The number of aryl methyl sites for hydroxylation is 1. The van der Waals surface area contributed by atoms with Gasteiger partial charge in [0.05, 0.1) is 50.2 Å². The van der Waals surface area contributed by atoms with Crippen LogP contribution >= 0.6 is 11.3 Å². The number of sulfonamides is 1. The number of rotatable bonds is 10. The number of fused-ring (bicyclic) bond motifs is 2. The fourth-order valence-corrected chi connectivity index (χ4v) is 6.17. The van der Waals surface area contributed by atoms with Gasteiger partial charge in [-0.2, -0.15) is 0 Å². The van der Waals surface area contributed by atoms with Gasteiger partial charge in [0.2, 0.25) is 10.0 Å². The summed E-state index contributed by atoms with van der Waals surface area (Å²) in [5, 5.41) is 10.2. The monoisotopic (exact) mass is 582 g/mol. The molecule has 10 nitrogen and oxygen atoms in total. The molecular formula is C27H23FN4O6S2. The molecule has 5 rings (SSSR count). The minimum absolute atomic E-state index is 0.00241. The topological polar surface area (TPSA) is 141 Å². The quantitative estimate of drug-likeness (QED) is 0.227. The number of carboxylic acid groups (broad SMARTS) is 1. The highest BCUT2D eigenvalue weighted by atomic mass is 32.2. The summed E-state index contributed by atoms with van der Waals surface area (Å²) in [6.45, 7) is 2.18. The molecule has 2 heterocycles. The van der Waals surface area contributed by atoms with Crippen molar-refractivity contribution in [3.63, 3.8) is 0 Å². The van der Waals surface area contributed by atoms with Crippen LogP contribution in [0.4, 0.5) is 4.39 Å². The second kappa shape index (κ2) is 11.2. The largest absolute Gasteiger partial charge is 0.492 e. The Balaban J connectivity index is 1.39. The van der Waals surface area contributed by atoms with Crippen LogP contribution in [0.25, 0.3) is 31.8 Å². The van der Waals surface area contributed by atoms with Crippen LogP contribution in [-0.2, 0) is 21.4 Å². The Kier molecular flexibility index (Phi) is 7.72. The Morgan fingerprint density at radius 1 is 1.10 bits per heavy atom. The molecule has 206 valence electrons. The van der Waals surface area contributed by atoms with E-state index in [-0.39, 0.29) is 30.2 Å². The van der Waals surface area contributed by atoms with Crippen LogP contribution in [0.2, 0.25) is 0 Å². The molecule has 0 atom stereocenters. The zero-order valence-electron chi connectivity index (χ0n) is 21.3. The van der Waals surface area contributed by atoms with Crippen LogP contribution < -0.4 is 9.46 Å². The van der Waals surface area contributed by atoms with Gasteiger partial charge in [-0.25, -0.2) is 32.3 Å². The van der Waals surface area contributed by atoms with Gasteiger partial charge in [-0.1, -0.05) is 0 Å². The summed E-state index contributed by atoms with van der Waals surface area (Å²) in [6.07, 6.45) is 1.59. The third-order valence-electron chi connectivity index (χ3n) is 5.91. The molecule has 0 unspecified atom stereocenters. The van der Waals surface area contributed by atoms with Crippen molar-refractivity contribution in [2.45, 2.75) is 18.4 Å². The first-order valence-electron chi connectivity index (χ1n) is 12.0. The standard InChI is InChI=1S/C27H23FN4O6S2/c1-15-9-19(38-8-7-30-40(35,36)20-5-3-17(28)4-6-20)12-23-24(15)32-26(39-23)21-10-16(27(33)34)11-22-25(21)29-13-18(31-22)14-37-2/h3-6,9-13,30H,7-8,14H2,1-2H3,(H,33,34). The minimum atomic E-state index is -3.80. The summed E-state index contributed by atoms with van der Waals surface area (Å²) in [7, 11) is -2.26. The molecule has 0 radical (unpaired) electrons. The van der Waals surface area contributed by atoms with E-state index in [1.165, 1.54) is 35.6 Å². The lowest BCUT2D eigenvalue weighted by atomic mass is 10.1. The van der Waals surface area contributed by atoms with E-state index >= 15 is 0 Å². The molecule has 2 aromatic heterocycles. The summed E-state index contributed by atoms with van der Waals surface area (Å²) in [5.74, 6) is -1.09. The highest BCUT2D eigenvalue weighted by Gasteiger charge is 2.18. The summed E-state index contributed by atoms with van der Waals surface area (Å²) >= 11 is 1.35. The number of carbonyl (C=O) groups is 1. The first-order valence-corrected chi connectivity index (χ1v) is 14.3. The molecule has 0 bridgehead atoms. The highest BCUT2D eigenvalue weighted by molar-refractivity contribution is 7.89. The van der Waals surface area contributed by atoms with Gasteiger partial charge >= 0.3 is 5.97 Å². The molecule has 3 aromatic carbocycles. The molecule has 40 heavy (non-hydrogen) atoms. The molecule has 0 fully saturated rings. The molecule has 0 aliphatic heterocycles. The molecule has 0 spiro atoms. The van der Waals surface area contributed by atoms with Crippen molar-refractivity contribution in [1.82, 2.24) is 19.7 Å². The van der Waals surface area contributed by atoms with Gasteiger partial charge in [-0.05, 0) is 61.0 Å². The fourth-order valence-electron chi connectivity index (χ4n) is 4.07. The van der Waals surface area contributed by atoms with Crippen molar-refractivity contribution >= 4 is 48.6 Å². The third kappa shape index (κ3) is 5.77. The van der Waals surface area contributed by atoms with E-state index in [0.717, 1.165) is 27.9 Å². The van der Waals surface area contributed by atoms with Crippen LogP contribution in [0.5, 0.6) is 5.75 Å². The normalized spacial score (nSPS) is 11.8. The summed E-state index contributed by atoms with van der Waals surface area (Å²) in [5.41, 5.74) is 3.68.